The maximum absolute atomic E-state index is 3.49. The number of hydrogen-bond acceptors (Lipinski definition) is 1. The first-order valence-corrected chi connectivity index (χ1v) is 6.67. The van der Waals surface area contributed by atoms with Crippen LogP contribution in [0.4, 0.5) is 0 Å². The second kappa shape index (κ2) is 5.68. The lowest BCUT2D eigenvalue weighted by Crippen LogP contribution is -2.17. The van der Waals surface area contributed by atoms with Gasteiger partial charge in [-0.3, -0.25) is 0 Å². The Hall–Kier alpha value is -0.820. The van der Waals surface area contributed by atoms with E-state index >= 15 is 0 Å². The Balaban J connectivity index is 2.95. The number of benzene rings is 1. The standard InChI is InChI=1S/C16H27N/c1-7-8-17-11-15-12(2)9-14(10-13(15)3)16(4,5)6/h9-10,17H,7-8,11H2,1-6H3. The van der Waals surface area contributed by atoms with E-state index in [4.69, 9.17) is 0 Å². The van der Waals surface area contributed by atoms with Gasteiger partial charge in [0.05, 0.1) is 0 Å². The Labute approximate surface area is 107 Å². The Morgan fingerprint density at radius 3 is 2.00 bits per heavy atom. The molecule has 96 valence electrons. The van der Waals surface area contributed by atoms with E-state index in [1.165, 1.54) is 28.7 Å². The molecule has 0 heterocycles. The average molecular weight is 233 g/mol. The van der Waals surface area contributed by atoms with Crippen molar-refractivity contribution < 1.29 is 0 Å². The molecule has 17 heavy (non-hydrogen) atoms. The summed E-state index contributed by atoms with van der Waals surface area (Å²) in [5.74, 6) is 0. The highest BCUT2D eigenvalue weighted by Gasteiger charge is 2.15. The summed E-state index contributed by atoms with van der Waals surface area (Å²) in [5, 5.41) is 3.49. The summed E-state index contributed by atoms with van der Waals surface area (Å²) >= 11 is 0. The molecule has 0 aliphatic heterocycles. The molecule has 1 rings (SSSR count). The highest BCUT2D eigenvalue weighted by atomic mass is 14.8. The molecule has 0 amide bonds. The molecule has 1 nitrogen and oxygen atoms in total. The molecule has 0 fully saturated rings. The van der Waals surface area contributed by atoms with Crippen molar-refractivity contribution in [3.63, 3.8) is 0 Å². The predicted octanol–water partition coefficient (Wildman–Crippen LogP) is 4.10. The van der Waals surface area contributed by atoms with Gasteiger partial charge in [0.1, 0.15) is 0 Å². The molecule has 0 radical (unpaired) electrons. The van der Waals surface area contributed by atoms with Gasteiger partial charge in [-0.2, -0.15) is 0 Å². The maximum atomic E-state index is 3.49. The lowest BCUT2D eigenvalue weighted by Gasteiger charge is -2.22. The quantitative estimate of drug-likeness (QED) is 0.772. The normalized spacial score (nSPS) is 11.9. The second-order valence-corrected chi connectivity index (χ2v) is 6.02. The molecule has 0 atom stereocenters. The fourth-order valence-corrected chi connectivity index (χ4v) is 2.10. The molecule has 1 aromatic rings. The molecule has 0 bridgehead atoms. The van der Waals surface area contributed by atoms with Gasteiger partial charge in [0.2, 0.25) is 0 Å². The lowest BCUT2D eigenvalue weighted by molar-refractivity contribution is 0.587. The molecular weight excluding hydrogens is 206 g/mol. The third kappa shape index (κ3) is 3.85. The van der Waals surface area contributed by atoms with E-state index in [0.29, 0.717) is 0 Å². The van der Waals surface area contributed by atoms with E-state index < -0.39 is 0 Å². The zero-order valence-corrected chi connectivity index (χ0v) is 12.3. The molecule has 1 heteroatoms. The fraction of sp³-hybridized carbons (Fsp3) is 0.625. The van der Waals surface area contributed by atoms with Gasteiger partial charge >= 0.3 is 0 Å². The Bertz CT molecular complexity index is 349. The van der Waals surface area contributed by atoms with E-state index in [1.807, 2.05) is 0 Å². The van der Waals surface area contributed by atoms with Crippen LogP contribution in [0.5, 0.6) is 0 Å². The summed E-state index contributed by atoms with van der Waals surface area (Å²) in [6.07, 6.45) is 1.19. The molecule has 0 saturated carbocycles. The Kier molecular flexibility index (Phi) is 4.76. The molecule has 0 aliphatic rings. The van der Waals surface area contributed by atoms with Crippen LogP contribution in [0, 0.1) is 13.8 Å². The third-order valence-corrected chi connectivity index (χ3v) is 3.29. The average Bonchev–Trinajstić information content (AvgIpc) is 2.20. The molecule has 1 aromatic carbocycles. The number of aryl methyl sites for hydroxylation is 2. The van der Waals surface area contributed by atoms with Crippen LogP contribution in [0.3, 0.4) is 0 Å². The van der Waals surface area contributed by atoms with Gasteiger partial charge in [-0.15, -0.1) is 0 Å². The lowest BCUT2D eigenvalue weighted by atomic mass is 9.84. The van der Waals surface area contributed by atoms with Crippen LogP contribution in [0.1, 0.15) is 56.4 Å². The molecular formula is C16H27N. The SMILES string of the molecule is CCCNCc1c(C)cc(C(C)(C)C)cc1C. The highest BCUT2D eigenvalue weighted by Crippen LogP contribution is 2.26. The molecule has 0 saturated heterocycles. The van der Waals surface area contributed by atoms with E-state index in [2.05, 4.69) is 59.0 Å². The van der Waals surface area contributed by atoms with Crippen molar-refractivity contribution >= 4 is 0 Å². The highest BCUT2D eigenvalue weighted by molar-refractivity contribution is 5.40. The first-order chi connectivity index (χ1) is 7.86. The van der Waals surface area contributed by atoms with Crippen LogP contribution >= 0.6 is 0 Å². The number of nitrogens with one attached hydrogen (secondary N) is 1. The summed E-state index contributed by atoms with van der Waals surface area (Å²) < 4.78 is 0. The molecule has 0 spiro atoms. The summed E-state index contributed by atoms with van der Waals surface area (Å²) in [4.78, 5) is 0. The molecule has 1 N–H and O–H groups in total. The van der Waals surface area contributed by atoms with E-state index in [1.54, 1.807) is 0 Å². The van der Waals surface area contributed by atoms with E-state index in [0.717, 1.165) is 13.1 Å². The van der Waals surface area contributed by atoms with Gasteiger partial charge in [-0.25, -0.2) is 0 Å². The zero-order valence-electron chi connectivity index (χ0n) is 12.3. The maximum Gasteiger partial charge on any atom is 0.0210 e. The van der Waals surface area contributed by atoms with Crippen LogP contribution in [0.25, 0.3) is 0 Å². The van der Waals surface area contributed by atoms with E-state index in [9.17, 15) is 0 Å². The van der Waals surface area contributed by atoms with Gasteiger partial charge < -0.3 is 5.32 Å². The summed E-state index contributed by atoms with van der Waals surface area (Å²) in [6.45, 7) is 15.6. The van der Waals surface area contributed by atoms with Crippen molar-refractivity contribution in [2.75, 3.05) is 6.54 Å². The van der Waals surface area contributed by atoms with Crippen molar-refractivity contribution in [1.29, 1.82) is 0 Å². The van der Waals surface area contributed by atoms with Gasteiger partial charge in [0.25, 0.3) is 0 Å². The van der Waals surface area contributed by atoms with Crippen molar-refractivity contribution in [3.05, 3.63) is 34.4 Å². The van der Waals surface area contributed by atoms with Crippen LogP contribution in [0.15, 0.2) is 12.1 Å². The first-order valence-electron chi connectivity index (χ1n) is 6.67. The Morgan fingerprint density at radius 1 is 1.06 bits per heavy atom. The molecule has 0 unspecified atom stereocenters. The first kappa shape index (κ1) is 14.2. The summed E-state index contributed by atoms with van der Waals surface area (Å²) in [7, 11) is 0. The van der Waals surface area contributed by atoms with E-state index in [-0.39, 0.29) is 5.41 Å². The second-order valence-electron chi connectivity index (χ2n) is 6.02. The number of hydrogen-bond donors (Lipinski definition) is 1. The van der Waals surface area contributed by atoms with Gasteiger partial charge in [-0.1, -0.05) is 39.8 Å². The van der Waals surface area contributed by atoms with Crippen LogP contribution < -0.4 is 5.32 Å². The minimum Gasteiger partial charge on any atom is -0.313 e. The third-order valence-electron chi connectivity index (χ3n) is 3.29. The smallest absolute Gasteiger partial charge is 0.0210 e. The minimum atomic E-state index is 0.241. The fourth-order valence-electron chi connectivity index (χ4n) is 2.10. The topological polar surface area (TPSA) is 12.0 Å². The Morgan fingerprint density at radius 2 is 1.59 bits per heavy atom. The van der Waals surface area contributed by atoms with Crippen LogP contribution in [0.2, 0.25) is 0 Å². The molecule has 0 aliphatic carbocycles. The van der Waals surface area contributed by atoms with Gasteiger partial charge in [0.15, 0.2) is 0 Å². The van der Waals surface area contributed by atoms with Crippen LogP contribution in [-0.4, -0.2) is 6.54 Å². The van der Waals surface area contributed by atoms with Crippen molar-refractivity contribution in [3.8, 4) is 0 Å². The molecule has 0 aromatic heterocycles. The summed E-state index contributed by atoms with van der Waals surface area (Å²) in [5.41, 5.74) is 5.97. The van der Waals surface area contributed by atoms with Crippen molar-refractivity contribution in [2.24, 2.45) is 0 Å². The van der Waals surface area contributed by atoms with Crippen molar-refractivity contribution in [2.45, 2.75) is 59.9 Å². The monoisotopic (exact) mass is 233 g/mol. The number of rotatable bonds is 4. The predicted molar refractivity (Wildman–Crippen MR) is 76.6 cm³/mol. The zero-order chi connectivity index (χ0) is 13.1. The summed E-state index contributed by atoms with van der Waals surface area (Å²) in [6, 6.07) is 4.69. The largest absolute Gasteiger partial charge is 0.313 e. The minimum absolute atomic E-state index is 0.241. The van der Waals surface area contributed by atoms with Gasteiger partial charge in [-0.05, 0) is 54.5 Å². The van der Waals surface area contributed by atoms with Crippen LogP contribution in [-0.2, 0) is 12.0 Å². The van der Waals surface area contributed by atoms with Gasteiger partial charge in [0, 0.05) is 6.54 Å². The van der Waals surface area contributed by atoms with Crippen molar-refractivity contribution in [1.82, 2.24) is 5.32 Å².